The molecule has 0 saturated heterocycles. The molecular weight excluding hydrogens is 451 g/mol. The van der Waals surface area contributed by atoms with Gasteiger partial charge in [0.2, 0.25) is 11.8 Å². The summed E-state index contributed by atoms with van der Waals surface area (Å²) >= 11 is 14.3. The van der Waals surface area contributed by atoms with Crippen molar-refractivity contribution in [3.05, 3.63) is 63.6 Å². The molecule has 2 amide bonds. The third-order valence-electron chi connectivity index (χ3n) is 4.99. The van der Waals surface area contributed by atoms with Crippen LogP contribution in [0.3, 0.4) is 0 Å². The minimum atomic E-state index is -0.624. The van der Waals surface area contributed by atoms with Crippen LogP contribution in [0.5, 0.6) is 0 Å². The number of thioether (sulfide) groups is 1. The van der Waals surface area contributed by atoms with Crippen LogP contribution >= 0.6 is 35.0 Å². The van der Waals surface area contributed by atoms with Gasteiger partial charge in [0.15, 0.2) is 0 Å². The molecule has 0 aromatic heterocycles. The first-order chi connectivity index (χ1) is 14.8. The fourth-order valence-electron chi connectivity index (χ4n) is 3.01. The molecule has 0 unspecified atom stereocenters. The summed E-state index contributed by atoms with van der Waals surface area (Å²) in [5.41, 5.74) is 1.85. The van der Waals surface area contributed by atoms with Crippen molar-refractivity contribution in [2.45, 2.75) is 57.5 Å². The first-order valence-corrected chi connectivity index (χ1v) is 12.3. The smallest absolute Gasteiger partial charge is 0.242 e. The maximum absolute atomic E-state index is 13.1. The van der Waals surface area contributed by atoms with Crippen molar-refractivity contribution in [1.82, 2.24) is 10.2 Å². The third kappa shape index (κ3) is 8.06. The van der Waals surface area contributed by atoms with Crippen molar-refractivity contribution >= 4 is 46.8 Å². The number of hydrogen-bond donors (Lipinski definition) is 1. The molecule has 0 aliphatic carbocycles. The van der Waals surface area contributed by atoms with Crippen LogP contribution in [0.4, 0.5) is 0 Å². The highest BCUT2D eigenvalue weighted by atomic mass is 35.5. The lowest BCUT2D eigenvalue weighted by molar-refractivity contribution is -0.140. The number of amides is 2. The Bertz CT molecular complexity index is 854. The summed E-state index contributed by atoms with van der Waals surface area (Å²) in [6.45, 7) is 6.64. The molecule has 7 heteroatoms. The number of carbonyl (C=O) groups is 2. The van der Waals surface area contributed by atoms with Crippen LogP contribution in [0.25, 0.3) is 0 Å². The van der Waals surface area contributed by atoms with Crippen molar-refractivity contribution in [2.75, 3.05) is 12.3 Å². The molecule has 0 heterocycles. The SMILES string of the molecule is CCCCNC(=O)[C@H](C)N(Cc1c(Cl)cccc1Cl)C(=O)CCSc1ccc(C)cc1. The molecule has 4 nitrogen and oxygen atoms in total. The lowest BCUT2D eigenvalue weighted by Crippen LogP contribution is -2.48. The minimum Gasteiger partial charge on any atom is -0.354 e. The molecule has 2 aromatic rings. The van der Waals surface area contributed by atoms with Crippen LogP contribution in [0, 0.1) is 6.92 Å². The molecule has 0 saturated carbocycles. The molecule has 168 valence electrons. The number of hydrogen-bond acceptors (Lipinski definition) is 3. The van der Waals surface area contributed by atoms with E-state index in [1.165, 1.54) is 5.56 Å². The van der Waals surface area contributed by atoms with Crippen LogP contribution in [-0.4, -0.2) is 35.1 Å². The number of carbonyl (C=O) groups excluding carboxylic acids is 2. The van der Waals surface area contributed by atoms with E-state index in [4.69, 9.17) is 23.2 Å². The van der Waals surface area contributed by atoms with Crippen LogP contribution < -0.4 is 5.32 Å². The van der Waals surface area contributed by atoms with E-state index in [0.717, 1.165) is 17.7 Å². The summed E-state index contributed by atoms with van der Waals surface area (Å²) in [5, 5.41) is 3.89. The Labute approximate surface area is 199 Å². The zero-order chi connectivity index (χ0) is 22.8. The van der Waals surface area contributed by atoms with Crippen LogP contribution in [-0.2, 0) is 16.1 Å². The maximum atomic E-state index is 13.1. The fraction of sp³-hybridized carbons (Fsp3) is 0.417. The monoisotopic (exact) mass is 480 g/mol. The van der Waals surface area contributed by atoms with Crippen molar-refractivity contribution < 1.29 is 9.59 Å². The summed E-state index contributed by atoms with van der Waals surface area (Å²) in [5.74, 6) is 0.351. The molecule has 0 aliphatic heterocycles. The van der Waals surface area contributed by atoms with E-state index in [2.05, 4.69) is 36.5 Å². The summed E-state index contributed by atoms with van der Waals surface area (Å²) in [6.07, 6.45) is 2.20. The van der Waals surface area contributed by atoms with Gasteiger partial charge in [0.05, 0.1) is 0 Å². The molecule has 1 N–H and O–H groups in total. The highest BCUT2D eigenvalue weighted by Gasteiger charge is 2.27. The summed E-state index contributed by atoms with van der Waals surface area (Å²) in [6, 6.07) is 12.8. The molecule has 0 aliphatic rings. The van der Waals surface area contributed by atoms with Crippen molar-refractivity contribution in [2.24, 2.45) is 0 Å². The molecule has 2 aromatic carbocycles. The number of benzene rings is 2. The first kappa shape index (κ1) is 25.6. The van der Waals surface area contributed by atoms with Gasteiger partial charge in [0.1, 0.15) is 6.04 Å². The van der Waals surface area contributed by atoms with Gasteiger partial charge in [0, 0.05) is 45.8 Å². The van der Waals surface area contributed by atoms with Gasteiger partial charge < -0.3 is 10.2 Å². The van der Waals surface area contributed by atoms with Crippen molar-refractivity contribution in [1.29, 1.82) is 0 Å². The maximum Gasteiger partial charge on any atom is 0.242 e. The Morgan fingerprint density at radius 1 is 1.10 bits per heavy atom. The number of unbranched alkanes of at least 4 members (excludes halogenated alkanes) is 1. The average molecular weight is 481 g/mol. The third-order valence-corrected chi connectivity index (χ3v) is 6.71. The Morgan fingerprint density at radius 2 is 1.74 bits per heavy atom. The number of nitrogens with one attached hydrogen (secondary N) is 1. The second-order valence-electron chi connectivity index (χ2n) is 7.45. The molecule has 31 heavy (non-hydrogen) atoms. The highest BCUT2D eigenvalue weighted by Crippen LogP contribution is 2.27. The van der Waals surface area contributed by atoms with Gasteiger partial charge in [-0.25, -0.2) is 0 Å². The van der Waals surface area contributed by atoms with E-state index in [-0.39, 0.29) is 18.4 Å². The van der Waals surface area contributed by atoms with E-state index in [1.807, 2.05) is 6.92 Å². The topological polar surface area (TPSA) is 49.4 Å². The summed E-state index contributed by atoms with van der Waals surface area (Å²) < 4.78 is 0. The largest absolute Gasteiger partial charge is 0.354 e. The first-order valence-electron chi connectivity index (χ1n) is 10.5. The van der Waals surface area contributed by atoms with E-state index >= 15 is 0 Å². The Balaban J connectivity index is 2.10. The normalized spacial score (nSPS) is 11.8. The van der Waals surface area contributed by atoms with Gasteiger partial charge in [-0.05, 0) is 44.5 Å². The van der Waals surface area contributed by atoms with Gasteiger partial charge in [-0.15, -0.1) is 11.8 Å². The van der Waals surface area contributed by atoms with Gasteiger partial charge in [-0.1, -0.05) is 60.3 Å². The lowest BCUT2D eigenvalue weighted by Gasteiger charge is -2.29. The standard InChI is InChI=1S/C24H30Cl2N2O2S/c1-4-5-14-27-24(30)18(3)28(16-20-21(25)7-6-8-22(20)26)23(29)13-15-31-19-11-9-17(2)10-12-19/h6-12,18H,4-5,13-16H2,1-3H3,(H,27,30)/t18-/m0/s1. The molecule has 0 spiro atoms. The van der Waals surface area contributed by atoms with Crippen LogP contribution in [0.15, 0.2) is 47.4 Å². The predicted molar refractivity (Wildman–Crippen MR) is 131 cm³/mol. The summed E-state index contributed by atoms with van der Waals surface area (Å²) in [4.78, 5) is 28.5. The van der Waals surface area contributed by atoms with Gasteiger partial charge in [0.25, 0.3) is 0 Å². The average Bonchev–Trinajstić information content (AvgIpc) is 2.74. The molecule has 0 bridgehead atoms. The number of aryl methyl sites for hydroxylation is 1. The van der Waals surface area contributed by atoms with E-state index in [1.54, 1.807) is 41.8 Å². The van der Waals surface area contributed by atoms with Crippen molar-refractivity contribution in [3.8, 4) is 0 Å². The van der Waals surface area contributed by atoms with E-state index < -0.39 is 6.04 Å². The van der Waals surface area contributed by atoms with E-state index in [0.29, 0.717) is 34.3 Å². The molecule has 0 radical (unpaired) electrons. The number of rotatable bonds is 11. The second kappa shape index (κ2) is 13.0. The number of halogens is 2. The second-order valence-corrected chi connectivity index (χ2v) is 9.44. The predicted octanol–water partition coefficient (Wildman–Crippen LogP) is 6.12. The van der Waals surface area contributed by atoms with Gasteiger partial charge >= 0.3 is 0 Å². The quantitative estimate of drug-likeness (QED) is 0.311. The van der Waals surface area contributed by atoms with Gasteiger partial charge in [-0.2, -0.15) is 0 Å². The van der Waals surface area contributed by atoms with Crippen LogP contribution in [0.2, 0.25) is 10.0 Å². The van der Waals surface area contributed by atoms with Crippen molar-refractivity contribution in [3.63, 3.8) is 0 Å². The molecular formula is C24H30Cl2N2O2S. The number of nitrogens with zero attached hydrogens (tertiary/aromatic N) is 1. The fourth-order valence-corrected chi connectivity index (χ4v) is 4.36. The van der Waals surface area contributed by atoms with Crippen LogP contribution in [0.1, 0.15) is 44.2 Å². The van der Waals surface area contributed by atoms with E-state index in [9.17, 15) is 9.59 Å². The minimum absolute atomic E-state index is 0.103. The zero-order valence-electron chi connectivity index (χ0n) is 18.3. The molecule has 2 rings (SSSR count). The molecule has 0 fully saturated rings. The Morgan fingerprint density at radius 3 is 2.35 bits per heavy atom. The Kier molecular flexibility index (Phi) is 10.7. The lowest BCUT2D eigenvalue weighted by atomic mass is 10.1. The molecule has 1 atom stereocenters. The van der Waals surface area contributed by atoms with Gasteiger partial charge in [-0.3, -0.25) is 9.59 Å². The summed E-state index contributed by atoms with van der Waals surface area (Å²) in [7, 11) is 0. The Hall–Kier alpha value is -1.69. The highest BCUT2D eigenvalue weighted by molar-refractivity contribution is 7.99. The zero-order valence-corrected chi connectivity index (χ0v) is 20.6.